The van der Waals surface area contributed by atoms with Crippen LogP contribution in [0.5, 0.6) is 0 Å². The summed E-state index contributed by atoms with van der Waals surface area (Å²) in [5, 5.41) is 0. The van der Waals surface area contributed by atoms with Crippen molar-refractivity contribution in [2.75, 3.05) is 0 Å². The molecule has 4 bridgehead atoms. The van der Waals surface area contributed by atoms with Gasteiger partial charge in [0.1, 0.15) is 5.76 Å². The van der Waals surface area contributed by atoms with Gasteiger partial charge >= 0.3 is 0 Å². The van der Waals surface area contributed by atoms with Gasteiger partial charge in [0.25, 0.3) is 0 Å². The van der Waals surface area contributed by atoms with Gasteiger partial charge in [-0.05, 0) is 36.5 Å². The van der Waals surface area contributed by atoms with Gasteiger partial charge in [-0.1, -0.05) is 61.0 Å². The average molecular weight is 386 g/mol. The second-order valence-corrected chi connectivity index (χ2v) is 9.49. The molecular formula is C26H27NO2. The number of benzene rings is 2. The van der Waals surface area contributed by atoms with Gasteiger partial charge in [0.15, 0.2) is 12.0 Å². The third kappa shape index (κ3) is 2.37. The highest BCUT2D eigenvalue weighted by Gasteiger charge is 2.62. The molecule has 2 aromatic rings. The van der Waals surface area contributed by atoms with Crippen LogP contribution in [-0.2, 0) is 16.1 Å². The summed E-state index contributed by atoms with van der Waals surface area (Å²) < 4.78 is 6.68. The molecule has 2 aliphatic carbocycles. The van der Waals surface area contributed by atoms with Crippen LogP contribution in [0.15, 0.2) is 59.9 Å². The number of aryl methyl sites for hydroxylation is 1. The molecule has 3 heteroatoms. The van der Waals surface area contributed by atoms with Gasteiger partial charge in [-0.3, -0.25) is 9.69 Å². The van der Waals surface area contributed by atoms with Crippen LogP contribution in [0, 0.1) is 12.3 Å². The van der Waals surface area contributed by atoms with E-state index in [-0.39, 0.29) is 23.6 Å². The van der Waals surface area contributed by atoms with Crippen LogP contribution in [0.3, 0.4) is 0 Å². The highest BCUT2D eigenvalue weighted by atomic mass is 16.5. The summed E-state index contributed by atoms with van der Waals surface area (Å²) in [5.41, 5.74) is 6.33. The Morgan fingerprint density at radius 2 is 1.83 bits per heavy atom. The minimum Gasteiger partial charge on any atom is -0.478 e. The summed E-state index contributed by atoms with van der Waals surface area (Å²) in [6.45, 7) is 5.34. The van der Waals surface area contributed by atoms with E-state index in [1.807, 2.05) is 0 Å². The summed E-state index contributed by atoms with van der Waals surface area (Å²) in [7, 11) is 0. The van der Waals surface area contributed by atoms with E-state index in [1.165, 1.54) is 22.3 Å². The molecule has 0 N–H and O–H groups in total. The van der Waals surface area contributed by atoms with Crippen LogP contribution < -0.4 is 0 Å². The van der Waals surface area contributed by atoms with Crippen molar-refractivity contribution >= 4 is 5.78 Å². The Morgan fingerprint density at radius 1 is 1.07 bits per heavy atom. The summed E-state index contributed by atoms with van der Waals surface area (Å²) in [5.74, 6) is 1.52. The van der Waals surface area contributed by atoms with Gasteiger partial charge in [-0.2, -0.15) is 0 Å². The first-order valence-corrected chi connectivity index (χ1v) is 10.9. The summed E-state index contributed by atoms with van der Waals surface area (Å²) in [4.78, 5) is 15.5. The first kappa shape index (κ1) is 17.5. The molecule has 4 atom stereocenters. The minimum atomic E-state index is -0.113. The Morgan fingerprint density at radius 3 is 2.62 bits per heavy atom. The maximum Gasteiger partial charge on any atom is 0.162 e. The summed E-state index contributed by atoms with van der Waals surface area (Å²) >= 11 is 0. The zero-order valence-electron chi connectivity index (χ0n) is 17.2. The van der Waals surface area contributed by atoms with Crippen molar-refractivity contribution in [2.24, 2.45) is 5.41 Å². The largest absolute Gasteiger partial charge is 0.478 e. The van der Waals surface area contributed by atoms with E-state index in [4.69, 9.17) is 4.74 Å². The summed E-state index contributed by atoms with van der Waals surface area (Å²) in [6.07, 6.45) is 3.52. The van der Waals surface area contributed by atoms with E-state index in [1.54, 1.807) is 0 Å². The maximum absolute atomic E-state index is 13.0. The van der Waals surface area contributed by atoms with E-state index < -0.39 is 0 Å². The molecular weight excluding hydrogens is 358 g/mol. The van der Waals surface area contributed by atoms with Gasteiger partial charge in [0.2, 0.25) is 0 Å². The first-order valence-electron chi connectivity index (χ1n) is 10.9. The third-order valence-electron chi connectivity index (χ3n) is 7.69. The van der Waals surface area contributed by atoms with E-state index in [9.17, 15) is 4.79 Å². The number of rotatable bonds is 2. The number of Topliss-reactive ketones (excluding diaryl/α,β-unsaturated/α-hetero) is 1. The fraction of sp³-hybridized carbons (Fsp3) is 0.423. The Labute approximate surface area is 172 Å². The number of ketones is 1. The van der Waals surface area contributed by atoms with E-state index in [0.717, 1.165) is 37.1 Å². The number of nitrogens with zero attached hydrogens (tertiary/aromatic N) is 1. The van der Waals surface area contributed by atoms with Gasteiger partial charge in [0.05, 0.1) is 0 Å². The molecule has 5 aliphatic rings. The Bertz CT molecular complexity index is 1040. The normalized spacial score (nSPS) is 32.6. The van der Waals surface area contributed by atoms with Gasteiger partial charge in [0, 0.05) is 42.3 Å². The molecule has 29 heavy (non-hydrogen) atoms. The van der Waals surface area contributed by atoms with Crippen LogP contribution in [0.4, 0.5) is 0 Å². The Kier molecular flexibility index (Phi) is 3.65. The van der Waals surface area contributed by atoms with E-state index >= 15 is 0 Å². The second-order valence-electron chi connectivity index (χ2n) is 9.49. The van der Waals surface area contributed by atoms with Crippen molar-refractivity contribution in [3.8, 4) is 0 Å². The van der Waals surface area contributed by atoms with Crippen molar-refractivity contribution < 1.29 is 9.53 Å². The highest BCUT2D eigenvalue weighted by molar-refractivity contribution is 5.98. The van der Waals surface area contributed by atoms with E-state index in [0.29, 0.717) is 12.2 Å². The number of hydrogen-bond acceptors (Lipinski definition) is 3. The lowest BCUT2D eigenvalue weighted by molar-refractivity contribution is -0.166. The fourth-order valence-electron chi connectivity index (χ4n) is 6.43. The predicted molar refractivity (Wildman–Crippen MR) is 112 cm³/mol. The number of carbonyl (C=O) groups excluding carboxylic acids is 1. The molecule has 0 aromatic heterocycles. The summed E-state index contributed by atoms with van der Waals surface area (Å²) in [6, 6.07) is 18.0. The van der Waals surface area contributed by atoms with Crippen LogP contribution in [0.1, 0.15) is 66.8 Å². The minimum absolute atomic E-state index is 0.0135. The first-order chi connectivity index (χ1) is 14.1. The second kappa shape index (κ2) is 6.06. The van der Waals surface area contributed by atoms with E-state index in [2.05, 4.69) is 67.3 Å². The molecule has 1 saturated heterocycles. The van der Waals surface area contributed by atoms with Crippen molar-refractivity contribution in [2.45, 2.75) is 64.3 Å². The molecule has 0 saturated carbocycles. The van der Waals surface area contributed by atoms with Crippen LogP contribution in [0.25, 0.3) is 0 Å². The molecule has 4 unspecified atom stereocenters. The molecule has 0 spiro atoms. The molecule has 3 heterocycles. The smallest absolute Gasteiger partial charge is 0.162 e. The molecule has 1 fully saturated rings. The zero-order valence-corrected chi connectivity index (χ0v) is 17.2. The third-order valence-corrected chi connectivity index (χ3v) is 7.69. The lowest BCUT2D eigenvalue weighted by Gasteiger charge is -2.62. The number of ether oxygens (including phenoxy) is 1. The quantitative estimate of drug-likeness (QED) is 0.692. The Hall–Kier alpha value is -2.39. The average Bonchev–Trinajstić information content (AvgIpc) is 2.71. The molecule has 148 valence electrons. The van der Waals surface area contributed by atoms with Gasteiger partial charge in [-0.25, -0.2) is 0 Å². The van der Waals surface area contributed by atoms with Crippen molar-refractivity contribution in [3.05, 3.63) is 82.1 Å². The molecule has 0 radical (unpaired) electrons. The Balaban J connectivity index is 1.49. The number of carbonyl (C=O) groups is 1. The zero-order chi connectivity index (χ0) is 19.8. The maximum atomic E-state index is 13.0. The van der Waals surface area contributed by atoms with Crippen LogP contribution >= 0.6 is 0 Å². The van der Waals surface area contributed by atoms with Crippen molar-refractivity contribution in [1.29, 1.82) is 0 Å². The highest BCUT2D eigenvalue weighted by Crippen LogP contribution is 2.65. The predicted octanol–water partition coefficient (Wildman–Crippen LogP) is 5.41. The molecule has 0 amide bonds. The van der Waals surface area contributed by atoms with Gasteiger partial charge in [-0.15, -0.1) is 0 Å². The standard InChI is InChI=1S/C26H27NO2/c1-16-10-12-17(13-11-16)15-27-20-14-26(2)23(19-7-4-3-6-18(19)20)25(27)29-22-9-5-8-21(28)24(22)26/h3-4,6-7,10-13,20,23,25H,5,8-9,14-15H2,1-2H3. The van der Waals surface area contributed by atoms with Gasteiger partial charge < -0.3 is 4.74 Å². The van der Waals surface area contributed by atoms with Crippen LogP contribution in [-0.4, -0.2) is 16.9 Å². The lowest BCUT2D eigenvalue weighted by Crippen LogP contribution is -2.61. The monoisotopic (exact) mass is 385 g/mol. The fourth-order valence-corrected chi connectivity index (χ4v) is 6.43. The number of hydrogen-bond donors (Lipinski definition) is 0. The van der Waals surface area contributed by atoms with Crippen molar-refractivity contribution in [1.82, 2.24) is 4.90 Å². The number of allylic oxidation sites excluding steroid dienone is 2. The molecule has 3 nitrogen and oxygen atoms in total. The van der Waals surface area contributed by atoms with Crippen molar-refractivity contribution in [3.63, 3.8) is 0 Å². The molecule has 7 rings (SSSR count). The van der Waals surface area contributed by atoms with Crippen LogP contribution in [0.2, 0.25) is 0 Å². The number of piperidine rings is 1. The molecule has 2 aromatic carbocycles. The molecule has 3 aliphatic heterocycles. The lowest BCUT2D eigenvalue weighted by atomic mass is 9.53. The SMILES string of the molecule is Cc1ccc(CN2C3CC4(C)C5=C(CCCC5=O)OC2C4c2ccccc23)cc1. The topological polar surface area (TPSA) is 29.5 Å².